The van der Waals surface area contributed by atoms with Crippen molar-refractivity contribution >= 4 is 11.7 Å². The van der Waals surface area contributed by atoms with Crippen molar-refractivity contribution in [2.45, 2.75) is 25.7 Å². The summed E-state index contributed by atoms with van der Waals surface area (Å²) in [6.45, 7) is 0.358. The number of aliphatic carboxylic acids is 1. The van der Waals surface area contributed by atoms with Gasteiger partial charge >= 0.3 is 5.97 Å². The number of ether oxygens (including phenoxy) is 2. The van der Waals surface area contributed by atoms with Crippen LogP contribution in [0.3, 0.4) is 0 Å². The molecular formula is C13H17NO6. The number of nitrogens with zero attached hydrogens (tertiary/aromatic N) is 1. The largest absolute Gasteiger partial charge is 0.493 e. The number of hydrogen-bond donors (Lipinski definition) is 1. The fraction of sp³-hybridized carbons (Fsp3) is 0.462. The fourth-order valence-electron chi connectivity index (χ4n) is 1.63. The zero-order valence-corrected chi connectivity index (χ0v) is 11.2. The molecule has 110 valence electrons. The van der Waals surface area contributed by atoms with E-state index in [2.05, 4.69) is 0 Å². The van der Waals surface area contributed by atoms with Crippen LogP contribution in [0.4, 0.5) is 5.69 Å². The van der Waals surface area contributed by atoms with Gasteiger partial charge in [-0.3, -0.25) is 14.9 Å². The number of carboxylic acid groups (broad SMARTS) is 1. The maximum absolute atomic E-state index is 10.7. The van der Waals surface area contributed by atoms with Gasteiger partial charge in [0.25, 0.3) is 5.69 Å². The molecule has 0 amide bonds. The smallest absolute Gasteiger partial charge is 0.303 e. The van der Waals surface area contributed by atoms with E-state index < -0.39 is 10.9 Å². The first-order chi connectivity index (χ1) is 9.54. The standard InChI is InChI=1S/C13H17NO6/c1-19-11-7-6-10(14(17)18)9-12(11)20-8-4-2-3-5-13(15)16/h6-7,9H,2-5,8H2,1H3,(H,15,16). The first kappa shape index (κ1) is 15.7. The van der Waals surface area contributed by atoms with E-state index in [0.717, 1.165) is 6.42 Å². The SMILES string of the molecule is COc1ccc([N+](=O)[O-])cc1OCCCCCC(=O)O. The Balaban J connectivity index is 2.47. The average molecular weight is 283 g/mol. The van der Waals surface area contributed by atoms with Crippen LogP contribution in [-0.2, 0) is 4.79 Å². The second-order valence-corrected chi connectivity index (χ2v) is 4.15. The number of carboxylic acids is 1. The molecule has 0 fully saturated rings. The summed E-state index contributed by atoms with van der Waals surface area (Å²) in [4.78, 5) is 20.5. The predicted octanol–water partition coefficient (Wildman–Crippen LogP) is 2.63. The van der Waals surface area contributed by atoms with Crippen molar-refractivity contribution in [1.82, 2.24) is 0 Å². The molecule has 0 atom stereocenters. The van der Waals surface area contributed by atoms with E-state index in [4.69, 9.17) is 14.6 Å². The van der Waals surface area contributed by atoms with Crippen LogP contribution in [-0.4, -0.2) is 29.7 Å². The molecule has 0 saturated carbocycles. The molecule has 1 N–H and O–H groups in total. The Morgan fingerprint density at radius 3 is 2.65 bits per heavy atom. The van der Waals surface area contributed by atoms with Crippen molar-refractivity contribution in [3.05, 3.63) is 28.3 Å². The molecule has 0 aliphatic heterocycles. The van der Waals surface area contributed by atoms with Gasteiger partial charge < -0.3 is 14.6 Å². The highest BCUT2D eigenvalue weighted by atomic mass is 16.6. The zero-order valence-electron chi connectivity index (χ0n) is 11.2. The number of nitro groups is 1. The van der Waals surface area contributed by atoms with Gasteiger partial charge in [0, 0.05) is 12.5 Å². The van der Waals surface area contributed by atoms with Crippen LogP contribution in [0, 0.1) is 10.1 Å². The molecule has 0 bridgehead atoms. The van der Waals surface area contributed by atoms with Gasteiger partial charge in [0.05, 0.1) is 24.7 Å². The lowest BCUT2D eigenvalue weighted by Crippen LogP contribution is -2.01. The van der Waals surface area contributed by atoms with Crippen LogP contribution >= 0.6 is 0 Å². The van der Waals surface area contributed by atoms with Crippen molar-refractivity contribution in [3.8, 4) is 11.5 Å². The van der Waals surface area contributed by atoms with Gasteiger partial charge in [0.1, 0.15) is 0 Å². The van der Waals surface area contributed by atoms with Crippen molar-refractivity contribution in [3.63, 3.8) is 0 Å². The van der Waals surface area contributed by atoms with Crippen molar-refractivity contribution < 1.29 is 24.3 Å². The van der Waals surface area contributed by atoms with E-state index in [0.29, 0.717) is 30.9 Å². The molecule has 7 nitrogen and oxygen atoms in total. The average Bonchev–Trinajstić information content (AvgIpc) is 2.42. The molecule has 0 aromatic heterocycles. The summed E-state index contributed by atoms with van der Waals surface area (Å²) in [5, 5.41) is 19.2. The number of rotatable bonds is 9. The van der Waals surface area contributed by atoms with Gasteiger partial charge in [-0.05, 0) is 25.3 Å². The lowest BCUT2D eigenvalue weighted by molar-refractivity contribution is -0.385. The quantitative estimate of drug-likeness (QED) is 0.425. The molecule has 0 radical (unpaired) electrons. The van der Waals surface area contributed by atoms with Crippen LogP contribution in [0.2, 0.25) is 0 Å². The minimum atomic E-state index is -0.814. The Labute approximate surface area is 116 Å². The lowest BCUT2D eigenvalue weighted by Gasteiger charge is -2.10. The molecule has 0 unspecified atom stereocenters. The minimum absolute atomic E-state index is 0.0633. The Kier molecular flexibility index (Phi) is 6.28. The summed E-state index contributed by atoms with van der Waals surface area (Å²) in [6, 6.07) is 4.15. The molecule has 20 heavy (non-hydrogen) atoms. The van der Waals surface area contributed by atoms with E-state index in [1.54, 1.807) is 0 Å². The molecule has 0 heterocycles. The predicted molar refractivity (Wildman–Crippen MR) is 71.2 cm³/mol. The normalized spacial score (nSPS) is 10.1. The number of nitro benzene ring substituents is 1. The minimum Gasteiger partial charge on any atom is -0.493 e. The summed E-state index contributed by atoms with van der Waals surface area (Å²) < 4.78 is 10.5. The maximum atomic E-state index is 10.7. The van der Waals surface area contributed by atoms with E-state index in [1.807, 2.05) is 0 Å². The van der Waals surface area contributed by atoms with Gasteiger partial charge in [-0.2, -0.15) is 0 Å². The van der Waals surface area contributed by atoms with Gasteiger partial charge in [-0.25, -0.2) is 0 Å². The lowest BCUT2D eigenvalue weighted by atomic mass is 10.2. The second-order valence-electron chi connectivity index (χ2n) is 4.15. The van der Waals surface area contributed by atoms with Crippen LogP contribution in [0.1, 0.15) is 25.7 Å². The van der Waals surface area contributed by atoms with Gasteiger partial charge in [0.2, 0.25) is 0 Å². The number of non-ortho nitro benzene ring substituents is 1. The third kappa shape index (κ3) is 5.13. The highest BCUT2D eigenvalue weighted by Crippen LogP contribution is 2.31. The Morgan fingerprint density at radius 2 is 2.05 bits per heavy atom. The third-order valence-corrected chi connectivity index (χ3v) is 2.65. The molecular weight excluding hydrogens is 266 g/mol. The number of carbonyl (C=O) groups is 1. The summed E-state index contributed by atoms with van der Waals surface area (Å²) in [7, 11) is 1.46. The number of benzene rings is 1. The molecule has 0 spiro atoms. The molecule has 7 heteroatoms. The first-order valence-electron chi connectivity index (χ1n) is 6.21. The van der Waals surface area contributed by atoms with E-state index in [1.165, 1.54) is 25.3 Å². The number of methoxy groups -OCH3 is 1. The fourth-order valence-corrected chi connectivity index (χ4v) is 1.63. The van der Waals surface area contributed by atoms with Crippen molar-refractivity contribution in [2.75, 3.05) is 13.7 Å². The van der Waals surface area contributed by atoms with Crippen LogP contribution in [0.25, 0.3) is 0 Å². The van der Waals surface area contributed by atoms with Crippen LogP contribution < -0.4 is 9.47 Å². The molecule has 1 aromatic carbocycles. The Hall–Kier alpha value is -2.31. The van der Waals surface area contributed by atoms with Gasteiger partial charge in [-0.15, -0.1) is 0 Å². The highest BCUT2D eigenvalue weighted by Gasteiger charge is 2.12. The Morgan fingerprint density at radius 1 is 1.30 bits per heavy atom. The summed E-state index contributed by atoms with van der Waals surface area (Å²) in [5.41, 5.74) is -0.0633. The van der Waals surface area contributed by atoms with Crippen molar-refractivity contribution in [2.24, 2.45) is 0 Å². The summed E-state index contributed by atoms with van der Waals surface area (Å²) in [6.07, 6.45) is 2.13. The zero-order chi connectivity index (χ0) is 15.0. The number of hydrogen-bond acceptors (Lipinski definition) is 5. The molecule has 0 saturated heterocycles. The maximum Gasteiger partial charge on any atom is 0.303 e. The summed E-state index contributed by atoms with van der Waals surface area (Å²) >= 11 is 0. The second kappa shape index (κ2) is 7.98. The van der Waals surface area contributed by atoms with Crippen LogP contribution in [0.5, 0.6) is 11.5 Å². The number of unbranched alkanes of at least 4 members (excludes halogenated alkanes) is 2. The Bertz CT molecular complexity index is 474. The summed E-state index contributed by atoms with van der Waals surface area (Å²) in [5.74, 6) is -0.0626. The molecule has 0 aliphatic rings. The van der Waals surface area contributed by atoms with E-state index in [9.17, 15) is 14.9 Å². The topological polar surface area (TPSA) is 98.9 Å². The molecule has 0 aliphatic carbocycles. The monoisotopic (exact) mass is 283 g/mol. The van der Waals surface area contributed by atoms with E-state index >= 15 is 0 Å². The van der Waals surface area contributed by atoms with Gasteiger partial charge in [-0.1, -0.05) is 0 Å². The molecule has 1 aromatic rings. The van der Waals surface area contributed by atoms with Crippen molar-refractivity contribution in [1.29, 1.82) is 0 Å². The van der Waals surface area contributed by atoms with Gasteiger partial charge in [0.15, 0.2) is 11.5 Å². The highest BCUT2D eigenvalue weighted by molar-refractivity contribution is 5.66. The molecule has 1 rings (SSSR count). The first-order valence-corrected chi connectivity index (χ1v) is 6.21. The van der Waals surface area contributed by atoms with Crippen LogP contribution in [0.15, 0.2) is 18.2 Å². The van der Waals surface area contributed by atoms with E-state index in [-0.39, 0.29) is 12.1 Å². The third-order valence-electron chi connectivity index (χ3n) is 2.65.